The quantitative estimate of drug-likeness (QED) is 0.169. The lowest BCUT2D eigenvalue weighted by Crippen LogP contribution is -2.29. The highest BCUT2D eigenvalue weighted by molar-refractivity contribution is 6.46. The monoisotopic (exact) mass is 482 g/mol. The smallest absolute Gasteiger partial charge is 0.337 e. The molecule has 0 aliphatic carbocycles. The molecule has 1 aromatic heterocycles. The number of aliphatic hydroxyl groups excluding tert-OH is 1. The second-order valence-electron chi connectivity index (χ2n) is 8.46. The van der Waals surface area contributed by atoms with Crippen molar-refractivity contribution in [3.05, 3.63) is 107 Å². The van der Waals surface area contributed by atoms with Crippen molar-refractivity contribution >= 4 is 34.3 Å². The van der Waals surface area contributed by atoms with E-state index in [2.05, 4.69) is 4.98 Å². The average molecular weight is 482 g/mol. The Bertz CT molecular complexity index is 1530. The third-order valence-electron chi connectivity index (χ3n) is 6.30. The summed E-state index contributed by atoms with van der Waals surface area (Å²) in [4.78, 5) is 42.7. The number of para-hydroxylation sites is 1. The third-order valence-corrected chi connectivity index (χ3v) is 6.30. The molecule has 1 amide bonds. The van der Waals surface area contributed by atoms with Gasteiger partial charge >= 0.3 is 5.97 Å². The molecule has 3 aromatic carbocycles. The summed E-state index contributed by atoms with van der Waals surface area (Å²) < 4.78 is 4.72. The minimum Gasteiger partial charge on any atom is -0.508 e. The first kappa shape index (κ1) is 22.9. The maximum atomic E-state index is 13.3. The number of hydrogen-bond acceptors (Lipinski definition) is 6. The number of phenols is 1. The summed E-state index contributed by atoms with van der Waals surface area (Å²) in [5.41, 5.74) is 2.60. The molecule has 0 spiro atoms. The number of ether oxygens (including phenoxy) is 1. The Morgan fingerprint density at radius 2 is 1.78 bits per heavy atom. The maximum absolute atomic E-state index is 13.3. The number of phenolic OH excluding ortho intramolecular Hbond substituents is 1. The van der Waals surface area contributed by atoms with E-state index in [4.69, 9.17) is 4.74 Å². The molecular formula is C28H22N2O6. The number of nitrogens with one attached hydrogen (secondary N) is 1. The molecule has 4 aromatic rings. The number of esters is 1. The number of aromatic amines is 1. The summed E-state index contributed by atoms with van der Waals surface area (Å²) in [5, 5.41) is 22.2. The zero-order chi connectivity index (χ0) is 25.4. The summed E-state index contributed by atoms with van der Waals surface area (Å²) in [6.45, 7) is 0.0387. The first-order valence-electron chi connectivity index (χ1n) is 11.2. The summed E-state index contributed by atoms with van der Waals surface area (Å²) in [6, 6.07) is 19.1. The molecule has 180 valence electrons. The van der Waals surface area contributed by atoms with Crippen molar-refractivity contribution < 1.29 is 29.3 Å². The van der Waals surface area contributed by atoms with Crippen LogP contribution in [0.3, 0.4) is 0 Å². The van der Waals surface area contributed by atoms with Crippen LogP contribution in [0.4, 0.5) is 0 Å². The molecule has 5 rings (SSSR count). The molecule has 0 bridgehead atoms. The molecule has 1 aliphatic rings. The summed E-state index contributed by atoms with van der Waals surface area (Å²) in [7, 11) is 1.29. The number of ketones is 1. The third kappa shape index (κ3) is 3.88. The number of rotatable bonds is 5. The van der Waals surface area contributed by atoms with E-state index < -0.39 is 23.7 Å². The van der Waals surface area contributed by atoms with Gasteiger partial charge in [-0.25, -0.2) is 4.79 Å². The van der Waals surface area contributed by atoms with Crippen molar-refractivity contribution in [2.75, 3.05) is 7.11 Å². The van der Waals surface area contributed by atoms with Crippen LogP contribution >= 0.6 is 0 Å². The van der Waals surface area contributed by atoms with Gasteiger partial charge in [0.05, 0.1) is 24.3 Å². The van der Waals surface area contributed by atoms with Gasteiger partial charge in [-0.1, -0.05) is 42.5 Å². The molecule has 1 atom stereocenters. The number of fused-ring (bicyclic) bond motifs is 1. The van der Waals surface area contributed by atoms with Crippen LogP contribution in [0, 0.1) is 0 Å². The lowest BCUT2D eigenvalue weighted by Gasteiger charge is -2.25. The zero-order valence-corrected chi connectivity index (χ0v) is 19.3. The summed E-state index contributed by atoms with van der Waals surface area (Å²) >= 11 is 0. The van der Waals surface area contributed by atoms with Gasteiger partial charge in [-0.05, 0) is 41.5 Å². The minimum absolute atomic E-state index is 0.0346. The van der Waals surface area contributed by atoms with E-state index in [1.54, 1.807) is 42.6 Å². The predicted octanol–water partition coefficient (Wildman–Crippen LogP) is 4.28. The fraction of sp³-hybridized carbons (Fsp3) is 0.107. The standard InChI is InChI=1S/C28H22N2O6/c1-36-28(35)17-11-9-16(10-12-17)15-30-24(18-5-4-6-19(31)13-18)23(26(33)27(30)34)25(32)21-14-29-22-8-3-2-7-20(21)22/h2-14,24,29,31-32H,15H2,1H3/b25-23-. The number of methoxy groups -OCH3 is 1. The van der Waals surface area contributed by atoms with Crippen LogP contribution in [0.2, 0.25) is 0 Å². The van der Waals surface area contributed by atoms with Gasteiger partial charge in [-0.2, -0.15) is 0 Å². The topological polar surface area (TPSA) is 120 Å². The Hall–Kier alpha value is -4.85. The number of benzene rings is 3. The number of Topliss-reactive ketones (excluding diaryl/α,β-unsaturated/α-hetero) is 1. The van der Waals surface area contributed by atoms with E-state index >= 15 is 0 Å². The van der Waals surface area contributed by atoms with Crippen LogP contribution in [-0.4, -0.2) is 44.9 Å². The fourth-order valence-electron chi connectivity index (χ4n) is 4.56. The summed E-state index contributed by atoms with van der Waals surface area (Å²) in [5.74, 6) is -2.42. The normalized spacial score (nSPS) is 17.0. The zero-order valence-electron chi connectivity index (χ0n) is 19.3. The second-order valence-corrected chi connectivity index (χ2v) is 8.46. The molecule has 0 saturated carbocycles. The van der Waals surface area contributed by atoms with Crippen LogP contribution in [-0.2, 0) is 20.9 Å². The summed E-state index contributed by atoms with van der Waals surface area (Å²) in [6.07, 6.45) is 1.60. The van der Waals surface area contributed by atoms with E-state index in [1.165, 1.54) is 24.1 Å². The Kier molecular flexibility index (Phi) is 5.77. The number of carbonyl (C=O) groups excluding carboxylic acids is 3. The van der Waals surface area contributed by atoms with E-state index in [9.17, 15) is 24.6 Å². The largest absolute Gasteiger partial charge is 0.508 e. The highest BCUT2D eigenvalue weighted by atomic mass is 16.5. The molecule has 36 heavy (non-hydrogen) atoms. The average Bonchev–Trinajstić information content (AvgIpc) is 3.43. The van der Waals surface area contributed by atoms with Gasteiger partial charge < -0.3 is 24.8 Å². The molecule has 3 N–H and O–H groups in total. The number of carbonyl (C=O) groups is 3. The number of likely N-dealkylation sites (tertiary alicyclic amines) is 1. The number of aromatic nitrogens is 1. The van der Waals surface area contributed by atoms with Crippen LogP contribution in [0.1, 0.15) is 33.1 Å². The number of H-pyrrole nitrogens is 1. The predicted molar refractivity (Wildman–Crippen MR) is 132 cm³/mol. The molecular weight excluding hydrogens is 460 g/mol. The van der Waals surface area contributed by atoms with Crippen molar-refractivity contribution in [2.45, 2.75) is 12.6 Å². The van der Waals surface area contributed by atoms with Crippen molar-refractivity contribution in [3.8, 4) is 5.75 Å². The van der Waals surface area contributed by atoms with E-state index in [1.807, 2.05) is 24.3 Å². The first-order valence-corrected chi connectivity index (χ1v) is 11.2. The Morgan fingerprint density at radius 3 is 2.50 bits per heavy atom. The highest BCUT2D eigenvalue weighted by Crippen LogP contribution is 2.42. The van der Waals surface area contributed by atoms with Gasteiger partial charge in [0.25, 0.3) is 11.7 Å². The molecule has 1 saturated heterocycles. The minimum atomic E-state index is -0.939. The second kappa shape index (κ2) is 9.07. The van der Waals surface area contributed by atoms with Gasteiger partial charge in [0, 0.05) is 29.2 Å². The van der Waals surface area contributed by atoms with Crippen molar-refractivity contribution in [1.29, 1.82) is 0 Å². The number of nitrogens with zero attached hydrogens (tertiary/aromatic N) is 1. The molecule has 8 nitrogen and oxygen atoms in total. The molecule has 1 fully saturated rings. The molecule has 2 heterocycles. The molecule has 1 aliphatic heterocycles. The Labute approximate surface area is 206 Å². The van der Waals surface area contributed by atoms with Gasteiger partial charge in [-0.15, -0.1) is 0 Å². The number of hydrogen-bond donors (Lipinski definition) is 3. The maximum Gasteiger partial charge on any atom is 0.337 e. The van der Waals surface area contributed by atoms with E-state index in [0.29, 0.717) is 27.6 Å². The lowest BCUT2D eigenvalue weighted by atomic mass is 9.95. The van der Waals surface area contributed by atoms with Gasteiger partial charge in [-0.3, -0.25) is 9.59 Å². The fourth-order valence-corrected chi connectivity index (χ4v) is 4.56. The van der Waals surface area contributed by atoms with Crippen LogP contribution in [0.25, 0.3) is 16.7 Å². The van der Waals surface area contributed by atoms with Gasteiger partial charge in [0.2, 0.25) is 0 Å². The Balaban J connectivity index is 1.62. The Morgan fingerprint density at radius 1 is 1.03 bits per heavy atom. The van der Waals surface area contributed by atoms with E-state index in [-0.39, 0.29) is 23.6 Å². The first-order chi connectivity index (χ1) is 17.4. The van der Waals surface area contributed by atoms with Gasteiger partial charge in [0.1, 0.15) is 11.5 Å². The number of aromatic hydroxyl groups is 1. The van der Waals surface area contributed by atoms with Gasteiger partial charge in [0.15, 0.2) is 0 Å². The SMILES string of the molecule is COC(=O)c1ccc(CN2C(=O)C(=O)/C(=C(\O)c3c[nH]c4ccccc34)C2c2cccc(O)c2)cc1. The molecule has 8 heteroatoms. The van der Waals surface area contributed by atoms with Crippen LogP contribution < -0.4 is 0 Å². The highest BCUT2D eigenvalue weighted by Gasteiger charge is 2.46. The number of aliphatic hydroxyl groups is 1. The lowest BCUT2D eigenvalue weighted by molar-refractivity contribution is -0.140. The molecule has 1 unspecified atom stereocenters. The molecule has 0 radical (unpaired) electrons. The van der Waals surface area contributed by atoms with Crippen molar-refractivity contribution in [2.24, 2.45) is 0 Å². The van der Waals surface area contributed by atoms with Crippen LogP contribution in [0.5, 0.6) is 5.75 Å². The van der Waals surface area contributed by atoms with Crippen molar-refractivity contribution in [3.63, 3.8) is 0 Å². The van der Waals surface area contributed by atoms with Crippen LogP contribution in [0.15, 0.2) is 84.6 Å². The number of amides is 1. The van der Waals surface area contributed by atoms with Crippen molar-refractivity contribution in [1.82, 2.24) is 9.88 Å². The van der Waals surface area contributed by atoms with E-state index in [0.717, 1.165) is 5.52 Å².